The van der Waals surface area contributed by atoms with Gasteiger partial charge < -0.3 is 10.3 Å². The second kappa shape index (κ2) is 11.0. The van der Waals surface area contributed by atoms with Crippen molar-refractivity contribution in [2.24, 2.45) is 0 Å². The Labute approximate surface area is 255 Å². The predicted molar refractivity (Wildman–Crippen MR) is 176 cm³/mol. The Morgan fingerprint density at radius 1 is 0.860 bits per heavy atom. The maximum absolute atomic E-state index is 14.6. The van der Waals surface area contributed by atoms with E-state index in [9.17, 15) is 9.59 Å². The first-order valence-electron chi connectivity index (χ1n) is 13.7. The van der Waals surface area contributed by atoms with Crippen LogP contribution >= 0.6 is 22.9 Å². The van der Waals surface area contributed by atoms with Crippen LogP contribution in [0.5, 0.6) is 0 Å². The number of rotatable bonds is 6. The van der Waals surface area contributed by atoms with Gasteiger partial charge in [-0.15, -0.1) is 11.3 Å². The average Bonchev–Trinajstić information content (AvgIpc) is 3.58. The number of halogens is 1. The quantitative estimate of drug-likeness (QED) is 0.202. The Bertz CT molecular complexity index is 2220. The van der Waals surface area contributed by atoms with E-state index in [-0.39, 0.29) is 11.0 Å². The number of nitrogens with one attached hydrogen (secondary N) is 2. The summed E-state index contributed by atoms with van der Waals surface area (Å²) in [6.07, 6.45) is 2.93. The molecule has 0 aliphatic heterocycles. The van der Waals surface area contributed by atoms with E-state index in [1.807, 2.05) is 73.7 Å². The summed E-state index contributed by atoms with van der Waals surface area (Å²) < 4.78 is 1.65. The molecule has 0 unspecified atom stereocenters. The van der Waals surface area contributed by atoms with Crippen LogP contribution in [-0.4, -0.2) is 19.5 Å². The molecule has 7 rings (SSSR count). The highest BCUT2D eigenvalue weighted by Gasteiger charge is 2.24. The second-order valence-electron chi connectivity index (χ2n) is 10.1. The number of aromatic nitrogens is 4. The first-order valence-corrected chi connectivity index (χ1v) is 14.9. The molecular weight excluding hydrogens is 578 g/mol. The topological polar surface area (TPSA) is 92.7 Å². The Hall–Kier alpha value is -5.05. The molecule has 0 saturated heterocycles. The van der Waals surface area contributed by atoms with Crippen molar-refractivity contribution in [3.63, 3.8) is 0 Å². The molecular formula is C34H24ClN5O2S. The molecule has 9 heteroatoms. The molecule has 0 aliphatic rings. The van der Waals surface area contributed by atoms with E-state index in [0.29, 0.717) is 44.0 Å². The first kappa shape index (κ1) is 26.8. The van der Waals surface area contributed by atoms with Crippen LogP contribution in [0, 0.1) is 0 Å². The molecule has 0 bridgehead atoms. The highest BCUT2D eigenvalue weighted by Crippen LogP contribution is 2.37. The number of hydrogen-bond donors (Lipinski definition) is 2. The number of fused-ring (bicyclic) bond motifs is 2. The lowest BCUT2D eigenvalue weighted by atomic mass is 9.96. The van der Waals surface area contributed by atoms with Gasteiger partial charge in [0.25, 0.3) is 5.56 Å². The zero-order valence-electron chi connectivity index (χ0n) is 22.9. The smallest absolute Gasteiger partial charge is 0.263 e. The minimum atomic E-state index is -0.517. The van der Waals surface area contributed by atoms with Gasteiger partial charge in [-0.3, -0.25) is 14.2 Å². The Morgan fingerprint density at radius 2 is 1.65 bits per heavy atom. The minimum Gasteiger partial charge on any atom is -0.361 e. The van der Waals surface area contributed by atoms with Gasteiger partial charge in [-0.1, -0.05) is 78.3 Å². The van der Waals surface area contributed by atoms with Crippen LogP contribution in [-0.2, 0) is 0 Å². The molecule has 43 heavy (non-hydrogen) atoms. The molecule has 1 atom stereocenters. The maximum Gasteiger partial charge on any atom is 0.263 e. The van der Waals surface area contributed by atoms with Crippen molar-refractivity contribution in [1.29, 1.82) is 0 Å². The largest absolute Gasteiger partial charge is 0.361 e. The molecule has 3 aromatic carbocycles. The lowest BCUT2D eigenvalue weighted by Crippen LogP contribution is -2.27. The molecule has 2 N–H and O–H groups in total. The van der Waals surface area contributed by atoms with Gasteiger partial charge >= 0.3 is 0 Å². The molecule has 210 valence electrons. The summed E-state index contributed by atoms with van der Waals surface area (Å²) in [5.74, 6) is 0.349. The van der Waals surface area contributed by atoms with Gasteiger partial charge in [0.2, 0.25) is 0 Å². The fourth-order valence-corrected chi connectivity index (χ4v) is 6.67. The lowest BCUT2D eigenvalue weighted by molar-refractivity contribution is 0.774. The number of anilines is 1. The molecule has 7 aromatic rings. The van der Waals surface area contributed by atoms with Crippen LogP contribution in [0.2, 0.25) is 5.02 Å². The van der Waals surface area contributed by atoms with E-state index in [0.717, 1.165) is 16.7 Å². The molecule has 7 nitrogen and oxygen atoms in total. The minimum absolute atomic E-state index is 0.197. The zero-order valence-corrected chi connectivity index (χ0v) is 24.5. The summed E-state index contributed by atoms with van der Waals surface area (Å²) in [5.41, 5.74) is 4.06. The van der Waals surface area contributed by atoms with Crippen molar-refractivity contribution in [2.45, 2.75) is 13.0 Å². The molecule has 0 amide bonds. The van der Waals surface area contributed by atoms with Crippen LogP contribution < -0.4 is 16.3 Å². The monoisotopic (exact) mass is 601 g/mol. The fourth-order valence-electron chi connectivity index (χ4n) is 5.53. The second-order valence-corrected chi connectivity index (χ2v) is 11.4. The average molecular weight is 602 g/mol. The van der Waals surface area contributed by atoms with Crippen molar-refractivity contribution in [3.8, 4) is 27.3 Å². The third-order valence-electron chi connectivity index (χ3n) is 7.51. The van der Waals surface area contributed by atoms with Crippen LogP contribution in [0.1, 0.15) is 18.7 Å². The van der Waals surface area contributed by atoms with Gasteiger partial charge in [0.1, 0.15) is 23.2 Å². The van der Waals surface area contributed by atoms with E-state index in [2.05, 4.69) is 43.8 Å². The van der Waals surface area contributed by atoms with Crippen molar-refractivity contribution >= 4 is 50.6 Å². The number of para-hydroxylation sites is 1. The van der Waals surface area contributed by atoms with E-state index >= 15 is 0 Å². The number of H-pyrrole nitrogens is 1. The van der Waals surface area contributed by atoms with Gasteiger partial charge in [-0.25, -0.2) is 9.97 Å². The van der Waals surface area contributed by atoms with E-state index < -0.39 is 6.04 Å². The van der Waals surface area contributed by atoms with Crippen LogP contribution in [0.25, 0.3) is 49.1 Å². The summed E-state index contributed by atoms with van der Waals surface area (Å²) in [6, 6.07) is 28.4. The number of benzene rings is 3. The van der Waals surface area contributed by atoms with E-state index in [1.54, 1.807) is 22.1 Å². The molecule has 4 heterocycles. The normalized spacial score (nSPS) is 12.0. The summed E-state index contributed by atoms with van der Waals surface area (Å²) >= 11 is 8.92. The number of thiophene rings is 1. The summed E-state index contributed by atoms with van der Waals surface area (Å²) in [4.78, 5) is 40.0. The molecule has 0 spiro atoms. The van der Waals surface area contributed by atoms with Crippen molar-refractivity contribution in [2.75, 3.05) is 5.32 Å². The summed E-state index contributed by atoms with van der Waals surface area (Å²) in [6.45, 7) is 1.89. The standard InChI is InChI=1S/C34H24ClN5O2S/c1-20(39-33-29-26(41)16-17-36-32(29)37-19-38-33)31-30(35)25-10-5-9-24(21-12-14-22(15-13-21)27-11-6-18-43-27)28(25)34(42)40(31)23-7-3-2-4-8-23/h2-20H,1H3,(H2,36,37,38,39,41)/t20-/m0/s1. The van der Waals surface area contributed by atoms with E-state index in [1.165, 1.54) is 17.3 Å². The molecule has 0 fully saturated rings. The third-order valence-corrected chi connectivity index (χ3v) is 8.83. The summed E-state index contributed by atoms with van der Waals surface area (Å²) in [5, 5.41) is 7.33. The number of hydrogen-bond acceptors (Lipinski definition) is 6. The Kier molecular flexibility index (Phi) is 6.85. The summed E-state index contributed by atoms with van der Waals surface area (Å²) in [7, 11) is 0. The van der Waals surface area contributed by atoms with E-state index in [4.69, 9.17) is 11.6 Å². The zero-order chi connectivity index (χ0) is 29.5. The molecule has 0 radical (unpaired) electrons. The van der Waals surface area contributed by atoms with Gasteiger partial charge in [-0.2, -0.15) is 0 Å². The highest BCUT2D eigenvalue weighted by molar-refractivity contribution is 7.13. The first-order chi connectivity index (χ1) is 21.0. The van der Waals surface area contributed by atoms with Crippen molar-refractivity contribution < 1.29 is 0 Å². The van der Waals surface area contributed by atoms with Crippen LogP contribution in [0.15, 0.2) is 118 Å². The van der Waals surface area contributed by atoms with Gasteiger partial charge in [0.05, 0.1) is 22.1 Å². The highest BCUT2D eigenvalue weighted by atomic mass is 35.5. The predicted octanol–water partition coefficient (Wildman–Crippen LogP) is 7.84. The number of pyridine rings is 2. The number of aromatic amines is 1. The Morgan fingerprint density at radius 3 is 2.42 bits per heavy atom. The van der Waals surface area contributed by atoms with Crippen LogP contribution in [0.3, 0.4) is 0 Å². The van der Waals surface area contributed by atoms with Crippen LogP contribution in [0.4, 0.5) is 5.82 Å². The fraction of sp³-hybridized carbons (Fsp3) is 0.0588. The molecule has 0 aliphatic carbocycles. The number of nitrogens with zero attached hydrogens (tertiary/aromatic N) is 3. The maximum atomic E-state index is 14.6. The SMILES string of the molecule is C[C@H](Nc1ncnc2[nH]ccc(=O)c12)c1c(Cl)c2cccc(-c3ccc(-c4cccs4)cc3)c2c(=O)n1-c1ccccc1. The Balaban J connectivity index is 1.43. The van der Waals surface area contributed by atoms with Gasteiger partial charge in [0.15, 0.2) is 5.43 Å². The molecule has 0 saturated carbocycles. The van der Waals surface area contributed by atoms with Gasteiger partial charge in [-0.05, 0) is 47.2 Å². The van der Waals surface area contributed by atoms with Crippen molar-refractivity contribution in [3.05, 3.63) is 140 Å². The van der Waals surface area contributed by atoms with Crippen molar-refractivity contribution in [1.82, 2.24) is 19.5 Å². The third kappa shape index (κ3) is 4.70. The molecule has 4 aromatic heterocycles. The van der Waals surface area contributed by atoms with Gasteiger partial charge in [0, 0.05) is 28.2 Å². The lowest BCUT2D eigenvalue weighted by Gasteiger charge is -2.24.